The smallest absolute Gasteiger partial charge is 0.224 e. The normalized spacial score (nSPS) is 10.9. The quantitative estimate of drug-likeness (QED) is 0.336. The van der Waals surface area contributed by atoms with Crippen LogP contribution in [0.2, 0.25) is 5.02 Å². The number of anilines is 1. The first-order valence-corrected chi connectivity index (χ1v) is 10.9. The van der Waals surface area contributed by atoms with Crippen LogP contribution < -0.4 is 5.32 Å². The van der Waals surface area contributed by atoms with Crippen LogP contribution in [0.3, 0.4) is 0 Å². The fourth-order valence-corrected chi connectivity index (χ4v) is 3.83. The van der Waals surface area contributed by atoms with Crippen molar-refractivity contribution in [1.29, 1.82) is 0 Å². The number of pyridine rings is 1. The van der Waals surface area contributed by atoms with Gasteiger partial charge in [-0.1, -0.05) is 17.7 Å². The highest BCUT2D eigenvalue weighted by atomic mass is 35.5. The highest BCUT2D eigenvalue weighted by Gasteiger charge is 2.11. The number of aromatic nitrogens is 2. The van der Waals surface area contributed by atoms with E-state index in [0.717, 1.165) is 34.3 Å². The van der Waals surface area contributed by atoms with Gasteiger partial charge < -0.3 is 9.88 Å². The minimum atomic E-state index is -0.111. The summed E-state index contributed by atoms with van der Waals surface area (Å²) in [5.41, 5.74) is 4.28. The van der Waals surface area contributed by atoms with Crippen molar-refractivity contribution in [2.75, 3.05) is 5.32 Å². The highest BCUT2D eigenvalue weighted by molar-refractivity contribution is 6.30. The van der Waals surface area contributed by atoms with Gasteiger partial charge in [-0.2, -0.15) is 0 Å². The van der Waals surface area contributed by atoms with Gasteiger partial charge in [0.25, 0.3) is 0 Å². The molecule has 2 heterocycles. The van der Waals surface area contributed by atoms with Crippen LogP contribution in [-0.2, 0) is 11.3 Å². The average molecular weight is 446 g/mol. The summed E-state index contributed by atoms with van der Waals surface area (Å²) in [6.07, 6.45) is 7.01. The summed E-state index contributed by atoms with van der Waals surface area (Å²) >= 11 is 5.85. The summed E-state index contributed by atoms with van der Waals surface area (Å²) in [5, 5.41) is 4.60. The molecule has 0 unspecified atom stereocenters. The van der Waals surface area contributed by atoms with Crippen molar-refractivity contribution >= 4 is 39.9 Å². The summed E-state index contributed by atoms with van der Waals surface area (Å²) in [5.74, 6) is -0.100. The standard InChI is InChI=1S/C26H24ClN3O2/c1-18-23(29-25(32)6-4-5-24(31)20-7-10-22(27)11-8-20)12-9-21-15-19(16-28-26(18)21)17-30-13-2-3-14-30/h2-3,7-16H,4-6,17H2,1H3,(H,29,32). The molecule has 0 radical (unpaired) electrons. The minimum Gasteiger partial charge on any atom is -0.350 e. The molecule has 2 aromatic carbocycles. The van der Waals surface area contributed by atoms with Crippen molar-refractivity contribution in [1.82, 2.24) is 9.55 Å². The third-order valence-electron chi connectivity index (χ3n) is 5.44. The summed E-state index contributed by atoms with van der Waals surface area (Å²) in [4.78, 5) is 29.3. The largest absolute Gasteiger partial charge is 0.350 e. The molecule has 0 aliphatic heterocycles. The van der Waals surface area contributed by atoms with Crippen LogP contribution >= 0.6 is 11.6 Å². The SMILES string of the molecule is Cc1c(NC(=O)CCCC(=O)c2ccc(Cl)cc2)ccc2cc(Cn3cccc3)cnc12. The van der Waals surface area contributed by atoms with Crippen molar-refractivity contribution < 1.29 is 9.59 Å². The zero-order valence-corrected chi connectivity index (χ0v) is 18.6. The first kappa shape index (κ1) is 21.8. The lowest BCUT2D eigenvalue weighted by atomic mass is 10.0. The lowest BCUT2D eigenvalue weighted by Gasteiger charge is -2.12. The van der Waals surface area contributed by atoms with Crippen molar-refractivity contribution in [2.45, 2.75) is 32.7 Å². The Kier molecular flexibility index (Phi) is 6.66. The molecule has 32 heavy (non-hydrogen) atoms. The Morgan fingerprint density at radius 2 is 1.78 bits per heavy atom. The summed E-state index contributed by atoms with van der Waals surface area (Å²) in [7, 11) is 0. The molecule has 5 nitrogen and oxygen atoms in total. The molecule has 4 rings (SSSR count). The lowest BCUT2D eigenvalue weighted by Crippen LogP contribution is -2.13. The highest BCUT2D eigenvalue weighted by Crippen LogP contribution is 2.25. The number of nitrogens with zero attached hydrogens (tertiary/aromatic N) is 2. The molecule has 1 N–H and O–H groups in total. The number of Topliss-reactive ketones (excluding diaryl/α,β-unsaturated/α-hetero) is 1. The number of benzene rings is 2. The zero-order valence-electron chi connectivity index (χ0n) is 17.8. The van der Waals surface area contributed by atoms with Crippen LogP contribution in [0.4, 0.5) is 5.69 Å². The number of carbonyl (C=O) groups is 2. The molecule has 162 valence electrons. The maximum absolute atomic E-state index is 12.4. The van der Waals surface area contributed by atoms with Crippen molar-refractivity contribution in [2.24, 2.45) is 0 Å². The van der Waals surface area contributed by atoms with Crippen LogP contribution in [0.5, 0.6) is 0 Å². The second-order valence-corrected chi connectivity index (χ2v) is 8.28. The number of halogens is 1. The van der Waals surface area contributed by atoms with Gasteiger partial charge in [-0.3, -0.25) is 14.6 Å². The molecule has 6 heteroatoms. The number of fused-ring (bicyclic) bond motifs is 1. The molecule has 0 atom stereocenters. The van der Waals surface area contributed by atoms with Gasteiger partial charge >= 0.3 is 0 Å². The number of nitrogens with one attached hydrogen (secondary N) is 1. The van der Waals surface area contributed by atoms with Gasteiger partial charge in [-0.15, -0.1) is 0 Å². The topological polar surface area (TPSA) is 64.0 Å². The Bertz CT molecular complexity index is 1250. The maximum atomic E-state index is 12.4. The second kappa shape index (κ2) is 9.79. The van der Waals surface area contributed by atoms with Crippen molar-refractivity contribution in [3.63, 3.8) is 0 Å². The number of hydrogen-bond acceptors (Lipinski definition) is 3. The van der Waals surface area contributed by atoms with Gasteiger partial charge in [-0.05, 0) is 73.0 Å². The predicted molar refractivity (Wildman–Crippen MR) is 128 cm³/mol. The summed E-state index contributed by atoms with van der Waals surface area (Å²) in [6, 6.07) is 16.8. The Balaban J connectivity index is 1.35. The number of ketones is 1. The summed E-state index contributed by atoms with van der Waals surface area (Å²) < 4.78 is 2.10. The first-order chi connectivity index (χ1) is 15.5. The molecule has 2 aromatic heterocycles. The molecule has 4 aromatic rings. The minimum absolute atomic E-state index is 0.0104. The summed E-state index contributed by atoms with van der Waals surface area (Å²) in [6.45, 7) is 2.73. The molecule has 0 bridgehead atoms. The molecule has 0 aliphatic carbocycles. The number of hydrogen-bond donors (Lipinski definition) is 1. The molecule has 0 fully saturated rings. The van der Waals surface area contributed by atoms with Crippen LogP contribution in [0.25, 0.3) is 10.9 Å². The zero-order chi connectivity index (χ0) is 22.5. The van der Waals surface area contributed by atoms with E-state index < -0.39 is 0 Å². The fourth-order valence-electron chi connectivity index (χ4n) is 3.70. The van der Waals surface area contributed by atoms with E-state index in [1.54, 1.807) is 24.3 Å². The van der Waals surface area contributed by atoms with Gasteiger partial charge in [0.15, 0.2) is 5.78 Å². The van der Waals surface area contributed by atoms with E-state index >= 15 is 0 Å². The molecule has 1 amide bonds. The second-order valence-electron chi connectivity index (χ2n) is 7.84. The Morgan fingerprint density at radius 1 is 1.03 bits per heavy atom. The van der Waals surface area contributed by atoms with Crippen LogP contribution in [-0.4, -0.2) is 21.2 Å². The van der Waals surface area contributed by atoms with Crippen molar-refractivity contribution in [3.8, 4) is 0 Å². The Hall–Kier alpha value is -3.44. The number of aryl methyl sites for hydroxylation is 1. The molecular formula is C26H24ClN3O2. The Labute approximate surface area is 192 Å². The Morgan fingerprint density at radius 3 is 2.53 bits per heavy atom. The van der Waals surface area contributed by atoms with Gasteiger partial charge in [0.05, 0.1) is 5.52 Å². The van der Waals surface area contributed by atoms with E-state index in [2.05, 4.69) is 20.9 Å². The molecule has 0 saturated carbocycles. The fraction of sp³-hybridized carbons (Fsp3) is 0.192. The van der Waals surface area contributed by atoms with E-state index in [0.29, 0.717) is 23.4 Å². The third kappa shape index (κ3) is 5.24. The van der Waals surface area contributed by atoms with Gasteiger partial charge in [0, 0.05) is 59.6 Å². The van der Waals surface area contributed by atoms with Gasteiger partial charge in [0.2, 0.25) is 5.91 Å². The van der Waals surface area contributed by atoms with E-state index in [-0.39, 0.29) is 18.1 Å². The van der Waals surface area contributed by atoms with E-state index in [9.17, 15) is 9.59 Å². The molecule has 0 spiro atoms. The lowest BCUT2D eigenvalue weighted by molar-refractivity contribution is -0.116. The first-order valence-electron chi connectivity index (χ1n) is 10.6. The number of carbonyl (C=O) groups excluding carboxylic acids is 2. The van der Waals surface area contributed by atoms with Gasteiger partial charge in [-0.25, -0.2) is 0 Å². The molecular weight excluding hydrogens is 422 g/mol. The van der Waals surface area contributed by atoms with Crippen LogP contribution in [0.1, 0.15) is 40.7 Å². The van der Waals surface area contributed by atoms with Crippen molar-refractivity contribution in [3.05, 3.63) is 94.9 Å². The third-order valence-corrected chi connectivity index (χ3v) is 5.69. The number of amides is 1. The van der Waals surface area contributed by atoms with Crippen LogP contribution in [0.15, 0.2) is 73.2 Å². The molecule has 0 saturated heterocycles. The monoisotopic (exact) mass is 445 g/mol. The van der Waals surface area contributed by atoms with E-state index in [4.69, 9.17) is 11.6 Å². The molecule has 0 aliphatic rings. The predicted octanol–water partition coefficient (Wildman–Crippen LogP) is 6.04. The average Bonchev–Trinajstić information content (AvgIpc) is 3.29. The number of rotatable bonds is 8. The van der Waals surface area contributed by atoms with E-state index in [1.807, 2.05) is 49.8 Å². The van der Waals surface area contributed by atoms with Crippen LogP contribution in [0, 0.1) is 6.92 Å². The van der Waals surface area contributed by atoms with E-state index in [1.165, 1.54) is 0 Å². The van der Waals surface area contributed by atoms with Gasteiger partial charge in [0.1, 0.15) is 0 Å². The maximum Gasteiger partial charge on any atom is 0.224 e.